The van der Waals surface area contributed by atoms with Gasteiger partial charge in [0.1, 0.15) is 6.61 Å². The first-order chi connectivity index (χ1) is 31.1. The summed E-state index contributed by atoms with van der Waals surface area (Å²) in [6.07, 6.45) is 66.2. The zero-order chi connectivity index (χ0) is 47.0. The van der Waals surface area contributed by atoms with Crippen LogP contribution in [0, 0.1) is 0 Å². The number of hydrogen-bond donors (Lipinski definition) is 1. The summed E-state index contributed by atoms with van der Waals surface area (Å²) in [6, 6.07) is -0.644. The summed E-state index contributed by atoms with van der Waals surface area (Å²) in [7, 11) is 5.47. The normalized spacial score (nSPS) is 14.2. The third kappa shape index (κ3) is 42.5. The van der Waals surface area contributed by atoms with Gasteiger partial charge in [-0.3, -0.25) is 9.59 Å². The van der Waals surface area contributed by atoms with Crippen molar-refractivity contribution in [2.24, 2.45) is 0 Å². The Morgan fingerprint density at radius 3 is 1.12 bits per heavy atom. The first-order valence-corrected chi connectivity index (χ1v) is 23.9. The first kappa shape index (κ1) is 59.2. The molecule has 8 nitrogen and oxygen atoms in total. The Kier molecular flexibility index (Phi) is 41.5. The van der Waals surface area contributed by atoms with Gasteiger partial charge in [0.05, 0.1) is 34.4 Å². The third-order valence-electron chi connectivity index (χ3n) is 9.48. The van der Waals surface area contributed by atoms with Crippen molar-refractivity contribution in [2.75, 3.05) is 41.0 Å². The van der Waals surface area contributed by atoms with Crippen LogP contribution in [0.1, 0.15) is 136 Å². The number of quaternary nitrogens is 1. The van der Waals surface area contributed by atoms with Crippen molar-refractivity contribution in [1.29, 1.82) is 0 Å². The maximum Gasteiger partial charge on any atom is 0.362 e. The molecular weight excluding hydrogens is 799 g/mol. The van der Waals surface area contributed by atoms with E-state index in [0.29, 0.717) is 19.3 Å². The molecule has 0 aromatic heterocycles. The number of esters is 2. The minimum atomic E-state index is -0.899. The van der Waals surface area contributed by atoms with Crippen molar-refractivity contribution in [3.63, 3.8) is 0 Å². The molecule has 356 valence electrons. The molecule has 0 saturated carbocycles. The molecule has 1 N–H and O–H groups in total. The molecule has 0 heterocycles. The highest BCUT2D eigenvalue weighted by molar-refractivity contribution is 5.72. The lowest BCUT2D eigenvalue weighted by Crippen LogP contribution is -2.50. The van der Waals surface area contributed by atoms with E-state index in [2.05, 4.69) is 160 Å². The van der Waals surface area contributed by atoms with E-state index in [0.717, 1.165) is 89.9 Å². The predicted octanol–water partition coefficient (Wildman–Crippen LogP) is 13.7. The van der Waals surface area contributed by atoms with E-state index >= 15 is 0 Å². The van der Waals surface area contributed by atoms with Crippen LogP contribution in [0.4, 0.5) is 0 Å². The zero-order valence-corrected chi connectivity index (χ0v) is 40.4. The fourth-order valence-corrected chi connectivity index (χ4v) is 5.88. The Bertz CT molecular complexity index is 1540. The highest BCUT2D eigenvalue weighted by Crippen LogP contribution is 2.10. The minimum Gasteiger partial charge on any atom is -0.477 e. The van der Waals surface area contributed by atoms with E-state index in [9.17, 15) is 19.5 Å². The molecule has 0 aliphatic rings. The van der Waals surface area contributed by atoms with Crippen molar-refractivity contribution in [1.82, 2.24) is 0 Å². The number of carbonyl (C=O) groups excluding carboxylic acids is 2. The van der Waals surface area contributed by atoms with Crippen LogP contribution < -0.4 is 0 Å². The molecule has 8 heteroatoms. The van der Waals surface area contributed by atoms with Crippen molar-refractivity contribution >= 4 is 17.9 Å². The van der Waals surface area contributed by atoms with Crippen LogP contribution in [-0.4, -0.2) is 80.6 Å². The van der Waals surface area contributed by atoms with E-state index in [1.165, 1.54) is 0 Å². The Morgan fingerprint density at radius 2 is 0.797 bits per heavy atom. The maximum atomic E-state index is 12.7. The smallest absolute Gasteiger partial charge is 0.362 e. The summed E-state index contributed by atoms with van der Waals surface area (Å²) in [5.41, 5.74) is 0. The van der Waals surface area contributed by atoms with Gasteiger partial charge >= 0.3 is 17.9 Å². The van der Waals surface area contributed by atoms with E-state index < -0.39 is 18.1 Å². The average molecular weight is 885 g/mol. The predicted molar refractivity (Wildman–Crippen MR) is 270 cm³/mol. The second-order valence-electron chi connectivity index (χ2n) is 16.2. The number of allylic oxidation sites excluding steroid dienone is 24. The Balaban J connectivity index is 4.54. The highest BCUT2D eigenvalue weighted by Gasteiger charge is 2.31. The molecule has 64 heavy (non-hydrogen) atoms. The number of carboxylic acids is 1. The average Bonchev–Trinajstić information content (AvgIpc) is 3.26. The zero-order valence-electron chi connectivity index (χ0n) is 40.4. The fourth-order valence-electron chi connectivity index (χ4n) is 5.88. The molecule has 0 aromatic carbocycles. The van der Waals surface area contributed by atoms with Crippen molar-refractivity contribution in [3.05, 3.63) is 146 Å². The van der Waals surface area contributed by atoms with Crippen molar-refractivity contribution < 1.29 is 38.2 Å². The Hall–Kier alpha value is -4.79. The number of unbranched alkanes of at least 4 members (excludes halogenated alkanes) is 2. The third-order valence-corrected chi connectivity index (χ3v) is 9.48. The van der Waals surface area contributed by atoms with Gasteiger partial charge in [-0.1, -0.05) is 160 Å². The molecule has 0 amide bonds. The molecule has 0 aliphatic heterocycles. The quantitative estimate of drug-likeness (QED) is 0.0283. The first-order valence-electron chi connectivity index (χ1n) is 23.9. The molecule has 0 aliphatic carbocycles. The summed E-state index contributed by atoms with van der Waals surface area (Å²) in [5.74, 6) is -1.65. The van der Waals surface area contributed by atoms with E-state index in [4.69, 9.17) is 14.2 Å². The van der Waals surface area contributed by atoms with Gasteiger partial charge in [0, 0.05) is 19.3 Å². The standard InChI is InChI=1S/C56H85NO7/c1-6-8-10-12-14-16-18-20-22-24-26-28-30-32-34-36-38-40-42-44-46-54(58)63-51-52(50-62-49-48-53(56(60)61)57(3,4)5)64-55(59)47-45-43-41-39-37-35-33-31-29-27-25-23-21-19-17-15-13-11-9-7-2/h8-11,14-17,20-23,26-29,32-35,38-41,52-53H,6-7,12-13,18-19,24-25,30-31,36-37,42-51H2,1-5H3/p+1/b10-8+,11-9+,16-14+,17-15+,22-20+,23-21+,28-26+,29-27+,34-32+,35-33+,40-38+,41-39+. The van der Waals surface area contributed by atoms with Crippen LogP contribution in [0.5, 0.6) is 0 Å². The topological polar surface area (TPSA) is 99.1 Å². The van der Waals surface area contributed by atoms with Crippen LogP contribution in [0.15, 0.2) is 146 Å². The lowest BCUT2D eigenvalue weighted by Gasteiger charge is -2.31. The Morgan fingerprint density at radius 1 is 0.469 bits per heavy atom. The molecule has 0 fully saturated rings. The lowest BCUT2D eigenvalue weighted by molar-refractivity contribution is -0.887. The van der Waals surface area contributed by atoms with Gasteiger partial charge < -0.3 is 23.8 Å². The van der Waals surface area contributed by atoms with E-state index in [1.54, 1.807) is 0 Å². The second-order valence-corrected chi connectivity index (χ2v) is 16.2. The van der Waals surface area contributed by atoms with Gasteiger partial charge in [0.15, 0.2) is 12.1 Å². The van der Waals surface area contributed by atoms with Gasteiger partial charge in [-0.25, -0.2) is 4.79 Å². The number of rotatable bonds is 40. The lowest BCUT2D eigenvalue weighted by atomic mass is 10.1. The van der Waals surface area contributed by atoms with E-state index in [-0.39, 0.29) is 49.1 Å². The monoisotopic (exact) mass is 885 g/mol. The molecule has 0 spiro atoms. The van der Waals surface area contributed by atoms with Crippen LogP contribution in [-0.2, 0) is 28.6 Å². The summed E-state index contributed by atoms with van der Waals surface area (Å²) >= 11 is 0. The molecule has 2 atom stereocenters. The highest BCUT2D eigenvalue weighted by atomic mass is 16.6. The fraction of sp³-hybridized carbons (Fsp3) is 0.518. The van der Waals surface area contributed by atoms with Gasteiger partial charge in [0.2, 0.25) is 0 Å². The number of carbonyl (C=O) groups is 3. The van der Waals surface area contributed by atoms with Gasteiger partial charge in [-0.15, -0.1) is 0 Å². The molecule has 2 unspecified atom stereocenters. The van der Waals surface area contributed by atoms with Crippen LogP contribution >= 0.6 is 0 Å². The van der Waals surface area contributed by atoms with Crippen LogP contribution in [0.25, 0.3) is 0 Å². The molecule has 0 rings (SSSR count). The number of carboxylic acid groups (broad SMARTS) is 1. The van der Waals surface area contributed by atoms with Gasteiger partial charge in [-0.2, -0.15) is 0 Å². The SMILES string of the molecule is CC/C=C/C/C=C/C/C=C/C/C=C/C/C=C/C/C=C/CCCC(=O)OCC(COCCC(C(=O)O)[N+](C)(C)C)OC(=O)CCC/C=C/C/C=C/C/C=C/C/C=C/C/C=C/C/C=C/CC. The van der Waals surface area contributed by atoms with Crippen LogP contribution in [0.2, 0.25) is 0 Å². The minimum absolute atomic E-state index is 0.00813. The summed E-state index contributed by atoms with van der Waals surface area (Å²) in [6.45, 7) is 4.35. The molecule has 0 saturated heterocycles. The number of likely N-dealkylation sites (N-methyl/N-ethyl adjacent to an activating group) is 1. The van der Waals surface area contributed by atoms with Crippen LogP contribution in [0.3, 0.4) is 0 Å². The van der Waals surface area contributed by atoms with Crippen molar-refractivity contribution in [3.8, 4) is 0 Å². The number of ether oxygens (including phenoxy) is 3. The summed E-state index contributed by atoms with van der Waals surface area (Å²) < 4.78 is 17.2. The number of aliphatic carboxylic acids is 1. The molecule has 0 radical (unpaired) electrons. The van der Waals surface area contributed by atoms with E-state index in [1.807, 2.05) is 21.1 Å². The van der Waals surface area contributed by atoms with Gasteiger partial charge in [-0.05, 0) is 103 Å². The number of hydrogen-bond acceptors (Lipinski definition) is 6. The Labute approximate surface area is 389 Å². The maximum absolute atomic E-state index is 12.7. The largest absolute Gasteiger partial charge is 0.477 e. The van der Waals surface area contributed by atoms with Crippen molar-refractivity contribution in [2.45, 2.75) is 148 Å². The molecule has 0 aromatic rings. The van der Waals surface area contributed by atoms with Gasteiger partial charge in [0.25, 0.3) is 0 Å². The molecule has 0 bridgehead atoms. The summed E-state index contributed by atoms with van der Waals surface area (Å²) in [4.78, 5) is 37.1. The second kappa shape index (κ2) is 44.8. The number of nitrogens with zero attached hydrogens (tertiary/aromatic N) is 1. The molecular formula is C56H86NO7+. The summed E-state index contributed by atoms with van der Waals surface area (Å²) in [5, 5.41) is 9.64.